The van der Waals surface area contributed by atoms with Gasteiger partial charge in [0, 0.05) is 38.3 Å². The molecule has 0 radical (unpaired) electrons. The molecule has 0 aromatic heterocycles. The molecule has 2 saturated heterocycles. The molecular weight excluding hydrogens is 243 g/mol. The van der Waals surface area contributed by atoms with Gasteiger partial charge in [0.25, 0.3) is 0 Å². The number of fused-ring (bicyclic) bond motifs is 1. The van der Waals surface area contributed by atoms with Crippen LogP contribution in [0.15, 0.2) is 24.3 Å². The highest BCUT2D eigenvalue weighted by molar-refractivity contribution is 5.16. The lowest BCUT2D eigenvalue weighted by molar-refractivity contribution is 0.0528. The van der Waals surface area contributed by atoms with Crippen LogP contribution in [0.25, 0.3) is 0 Å². The minimum Gasteiger partial charge on any atom is -0.392 e. The van der Waals surface area contributed by atoms with E-state index < -0.39 is 0 Å². The summed E-state index contributed by atoms with van der Waals surface area (Å²) in [4.78, 5) is 4.84. The summed E-state index contributed by atoms with van der Waals surface area (Å²) in [5.41, 5.74) is 1.15. The average Bonchev–Trinajstić information content (AvgIpc) is 2.72. The number of aliphatic hydroxyl groups is 1. The molecule has 0 spiro atoms. The SMILES string of the molecule is C[C@@H]1CN2C[C@H](O)C[C@H]2CN1Cc1ccc(F)cc1. The molecule has 0 aliphatic carbocycles. The zero-order chi connectivity index (χ0) is 13.4. The minimum absolute atomic E-state index is 0.164. The van der Waals surface area contributed by atoms with Crippen LogP contribution >= 0.6 is 0 Å². The summed E-state index contributed by atoms with van der Waals surface area (Å²) < 4.78 is 12.9. The molecule has 0 amide bonds. The summed E-state index contributed by atoms with van der Waals surface area (Å²) in [6.07, 6.45) is 0.718. The van der Waals surface area contributed by atoms with Crippen LogP contribution in [0.2, 0.25) is 0 Å². The first-order valence-electron chi connectivity index (χ1n) is 7.02. The summed E-state index contributed by atoms with van der Waals surface area (Å²) in [6.45, 7) is 5.92. The van der Waals surface area contributed by atoms with Gasteiger partial charge >= 0.3 is 0 Å². The molecule has 2 fully saturated rings. The fraction of sp³-hybridized carbons (Fsp3) is 0.600. The number of aliphatic hydroxyl groups excluding tert-OH is 1. The summed E-state index contributed by atoms with van der Waals surface area (Å²) >= 11 is 0. The van der Waals surface area contributed by atoms with Gasteiger partial charge < -0.3 is 5.11 Å². The van der Waals surface area contributed by atoms with E-state index in [2.05, 4.69) is 16.7 Å². The first-order chi connectivity index (χ1) is 9.11. The second-order valence-electron chi connectivity index (χ2n) is 5.90. The quantitative estimate of drug-likeness (QED) is 0.876. The normalized spacial score (nSPS) is 32.5. The summed E-state index contributed by atoms with van der Waals surface area (Å²) in [7, 11) is 0. The molecule has 2 aliphatic heterocycles. The molecule has 19 heavy (non-hydrogen) atoms. The fourth-order valence-corrected chi connectivity index (χ4v) is 3.32. The van der Waals surface area contributed by atoms with Crippen molar-refractivity contribution in [3.05, 3.63) is 35.6 Å². The number of halogens is 1. The van der Waals surface area contributed by atoms with Gasteiger partial charge in [0.1, 0.15) is 5.82 Å². The van der Waals surface area contributed by atoms with Crippen LogP contribution in [0.4, 0.5) is 4.39 Å². The molecule has 1 N–H and O–H groups in total. The Hall–Kier alpha value is -0.970. The minimum atomic E-state index is -0.180. The van der Waals surface area contributed by atoms with E-state index in [1.807, 2.05) is 12.1 Å². The highest BCUT2D eigenvalue weighted by atomic mass is 19.1. The Kier molecular flexibility index (Phi) is 3.56. The van der Waals surface area contributed by atoms with Gasteiger partial charge in [0.05, 0.1) is 6.10 Å². The molecule has 4 heteroatoms. The van der Waals surface area contributed by atoms with E-state index in [-0.39, 0.29) is 11.9 Å². The van der Waals surface area contributed by atoms with Crippen molar-refractivity contribution in [1.82, 2.24) is 9.80 Å². The number of nitrogens with zero attached hydrogens (tertiary/aromatic N) is 2. The lowest BCUT2D eigenvalue weighted by Gasteiger charge is -2.42. The van der Waals surface area contributed by atoms with E-state index in [0.717, 1.165) is 38.2 Å². The number of piperazine rings is 1. The molecule has 0 saturated carbocycles. The molecule has 0 bridgehead atoms. The second kappa shape index (κ2) is 5.19. The number of hydrogen-bond acceptors (Lipinski definition) is 3. The van der Waals surface area contributed by atoms with E-state index in [1.165, 1.54) is 12.1 Å². The zero-order valence-corrected chi connectivity index (χ0v) is 11.3. The predicted molar refractivity (Wildman–Crippen MR) is 72.3 cm³/mol. The van der Waals surface area contributed by atoms with Crippen molar-refractivity contribution < 1.29 is 9.50 Å². The lowest BCUT2D eigenvalue weighted by Crippen LogP contribution is -2.54. The van der Waals surface area contributed by atoms with Crippen molar-refractivity contribution in [2.24, 2.45) is 0 Å². The molecule has 3 rings (SSSR count). The van der Waals surface area contributed by atoms with Crippen molar-refractivity contribution in [3.8, 4) is 0 Å². The Morgan fingerprint density at radius 2 is 1.95 bits per heavy atom. The van der Waals surface area contributed by atoms with Gasteiger partial charge in [-0.3, -0.25) is 9.80 Å². The van der Waals surface area contributed by atoms with Gasteiger partial charge in [-0.25, -0.2) is 4.39 Å². The summed E-state index contributed by atoms with van der Waals surface area (Å²) in [5.74, 6) is -0.180. The number of hydrogen-bond donors (Lipinski definition) is 1. The van der Waals surface area contributed by atoms with Crippen molar-refractivity contribution in [2.75, 3.05) is 19.6 Å². The Balaban J connectivity index is 1.66. The van der Waals surface area contributed by atoms with E-state index in [0.29, 0.717) is 12.1 Å². The van der Waals surface area contributed by atoms with Crippen molar-refractivity contribution in [1.29, 1.82) is 0 Å². The second-order valence-corrected chi connectivity index (χ2v) is 5.90. The van der Waals surface area contributed by atoms with E-state index in [1.54, 1.807) is 0 Å². The standard InChI is InChI=1S/C15H21FN2O/c1-11-7-18-10-15(19)6-14(18)9-17(11)8-12-2-4-13(16)5-3-12/h2-5,11,14-15,19H,6-10H2,1H3/t11-,14+,15-/m1/s1. The van der Waals surface area contributed by atoms with Gasteiger partial charge in [-0.2, -0.15) is 0 Å². The lowest BCUT2D eigenvalue weighted by atomic mass is 10.1. The average molecular weight is 264 g/mol. The topological polar surface area (TPSA) is 26.7 Å². The van der Waals surface area contributed by atoms with Gasteiger partial charge in [-0.05, 0) is 31.0 Å². The van der Waals surface area contributed by atoms with Crippen molar-refractivity contribution >= 4 is 0 Å². The molecule has 1 aromatic rings. The van der Waals surface area contributed by atoms with Crippen molar-refractivity contribution in [2.45, 2.75) is 38.1 Å². The van der Waals surface area contributed by atoms with Crippen LogP contribution in [-0.2, 0) is 6.54 Å². The summed E-state index contributed by atoms with van der Waals surface area (Å²) in [5, 5.41) is 9.75. The maximum Gasteiger partial charge on any atom is 0.123 e. The van der Waals surface area contributed by atoms with Crippen LogP contribution in [-0.4, -0.2) is 52.7 Å². The van der Waals surface area contributed by atoms with Crippen LogP contribution in [0, 0.1) is 5.82 Å². The largest absolute Gasteiger partial charge is 0.392 e. The fourth-order valence-electron chi connectivity index (χ4n) is 3.32. The third-order valence-corrected chi connectivity index (χ3v) is 4.37. The van der Waals surface area contributed by atoms with Gasteiger partial charge in [-0.1, -0.05) is 12.1 Å². The molecule has 3 atom stereocenters. The van der Waals surface area contributed by atoms with E-state index >= 15 is 0 Å². The Morgan fingerprint density at radius 1 is 1.21 bits per heavy atom. The Morgan fingerprint density at radius 3 is 2.68 bits per heavy atom. The van der Waals surface area contributed by atoms with Gasteiger partial charge in [0.2, 0.25) is 0 Å². The predicted octanol–water partition coefficient (Wildman–Crippen LogP) is 1.46. The molecule has 2 aliphatic rings. The molecule has 1 aromatic carbocycles. The van der Waals surface area contributed by atoms with E-state index in [9.17, 15) is 9.50 Å². The van der Waals surface area contributed by atoms with Crippen LogP contribution in [0.3, 0.4) is 0 Å². The molecular formula is C15H21FN2O. The third kappa shape index (κ3) is 2.81. The van der Waals surface area contributed by atoms with E-state index in [4.69, 9.17) is 0 Å². The summed E-state index contributed by atoms with van der Waals surface area (Å²) in [6, 6.07) is 7.72. The van der Waals surface area contributed by atoms with Gasteiger partial charge in [-0.15, -0.1) is 0 Å². The highest BCUT2D eigenvalue weighted by Crippen LogP contribution is 2.26. The van der Waals surface area contributed by atoms with Crippen LogP contribution in [0.5, 0.6) is 0 Å². The molecule has 2 heterocycles. The first-order valence-corrected chi connectivity index (χ1v) is 7.02. The smallest absolute Gasteiger partial charge is 0.123 e. The first kappa shape index (κ1) is 13.0. The Bertz CT molecular complexity index is 436. The number of benzene rings is 1. The number of rotatable bonds is 2. The molecule has 104 valence electrons. The van der Waals surface area contributed by atoms with Crippen LogP contribution in [0.1, 0.15) is 18.9 Å². The molecule has 0 unspecified atom stereocenters. The maximum atomic E-state index is 12.9. The van der Waals surface area contributed by atoms with Crippen molar-refractivity contribution in [3.63, 3.8) is 0 Å². The third-order valence-electron chi connectivity index (χ3n) is 4.37. The monoisotopic (exact) mass is 264 g/mol. The molecule has 3 nitrogen and oxygen atoms in total. The highest BCUT2D eigenvalue weighted by Gasteiger charge is 2.37. The maximum absolute atomic E-state index is 12.9. The zero-order valence-electron chi connectivity index (χ0n) is 11.3. The van der Waals surface area contributed by atoms with Gasteiger partial charge in [0.15, 0.2) is 0 Å². The van der Waals surface area contributed by atoms with Crippen LogP contribution < -0.4 is 0 Å². The Labute approximate surface area is 113 Å².